The molecule has 2 atom stereocenters. The van der Waals surface area contributed by atoms with Gasteiger partial charge < -0.3 is 4.80 Å². The number of hydrogen-bond donors (Lipinski definition) is 1. The van der Waals surface area contributed by atoms with Crippen molar-refractivity contribution < 1.29 is 4.80 Å². The first kappa shape index (κ1) is 19.0. The number of nitrogens with zero attached hydrogens (tertiary/aromatic N) is 1. The van der Waals surface area contributed by atoms with Gasteiger partial charge in [0.1, 0.15) is 0 Å². The standard InChI is InChI=1S/C22H29NO2Si/c1-22(2,17-18-11-9-10-16-21(18)23-24)26(25,19-12-5-3-6-13-19)20-14-7-4-8-15-20/h3-8,12-15,18,21,25H,9-11,16-17H2,1-2H3/t18-,21-/m1/s1. The maximum atomic E-state index is 12.2. The van der Waals surface area contributed by atoms with Gasteiger partial charge in [-0.15, -0.1) is 0 Å². The third kappa shape index (κ3) is 3.53. The van der Waals surface area contributed by atoms with Gasteiger partial charge in [-0.3, -0.25) is 0 Å². The molecule has 1 aliphatic rings. The maximum absolute atomic E-state index is 12.2. The van der Waals surface area contributed by atoms with Crippen LogP contribution in [0.25, 0.3) is 0 Å². The molecule has 0 heterocycles. The average molecular weight is 368 g/mol. The van der Waals surface area contributed by atoms with Crippen molar-refractivity contribution in [3.05, 3.63) is 65.6 Å². The van der Waals surface area contributed by atoms with E-state index in [4.69, 9.17) is 0 Å². The Bertz CT molecular complexity index is 678. The van der Waals surface area contributed by atoms with Gasteiger partial charge in [0.15, 0.2) is 0 Å². The summed E-state index contributed by atoms with van der Waals surface area (Å²) in [6.07, 6.45) is 5.00. The summed E-state index contributed by atoms with van der Waals surface area (Å²) in [5.74, 6) is 0.266. The molecule has 1 saturated carbocycles. The first-order chi connectivity index (χ1) is 12.5. The summed E-state index contributed by atoms with van der Waals surface area (Å²) in [5.41, 5.74) is 0. The molecular weight excluding hydrogens is 338 g/mol. The van der Waals surface area contributed by atoms with E-state index >= 15 is 0 Å². The highest BCUT2D eigenvalue weighted by molar-refractivity contribution is 6.98. The SMILES string of the molecule is CC(C)(C[C@H]1CCCC[C@H]1N=O)[Si](O)(c1ccccc1)c1ccccc1. The highest BCUT2D eigenvalue weighted by Crippen LogP contribution is 2.45. The molecule has 3 rings (SSSR count). The van der Waals surface area contributed by atoms with Crippen molar-refractivity contribution in [2.75, 3.05) is 0 Å². The van der Waals surface area contributed by atoms with Gasteiger partial charge in [-0.25, -0.2) is 0 Å². The first-order valence-corrected chi connectivity index (χ1v) is 11.6. The molecular formula is C22H29NO2Si. The minimum absolute atomic E-state index is 0.104. The molecule has 0 unspecified atom stereocenters. The fourth-order valence-corrected chi connectivity index (χ4v) is 8.48. The fraction of sp³-hybridized carbons (Fsp3) is 0.455. The van der Waals surface area contributed by atoms with E-state index in [0.29, 0.717) is 0 Å². The topological polar surface area (TPSA) is 49.7 Å². The largest absolute Gasteiger partial charge is 0.424 e. The molecule has 0 bridgehead atoms. The number of rotatable bonds is 6. The Morgan fingerprint density at radius 2 is 1.46 bits per heavy atom. The van der Waals surface area contributed by atoms with E-state index in [2.05, 4.69) is 43.3 Å². The van der Waals surface area contributed by atoms with Crippen molar-refractivity contribution in [2.24, 2.45) is 11.1 Å². The lowest BCUT2D eigenvalue weighted by molar-refractivity contribution is 0.260. The summed E-state index contributed by atoms with van der Waals surface area (Å²) in [5, 5.41) is 5.18. The monoisotopic (exact) mass is 367 g/mol. The minimum atomic E-state index is -3.00. The predicted molar refractivity (Wildman–Crippen MR) is 110 cm³/mol. The van der Waals surface area contributed by atoms with E-state index < -0.39 is 8.32 Å². The lowest BCUT2D eigenvalue weighted by Gasteiger charge is -2.44. The van der Waals surface area contributed by atoms with E-state index in [9.17, 15) is 9.70 Å². The van der Waals surface area contributed by atoms with Gasteiger partial charge in [0.05, 0.1) is 6.04 Å². The van der Waals surface area contributed by atoms with Crippen LogP contribution in [-0.2, 0) is 0 Å². The molecule has 138 valence electrons. The molecule has 2 aromatic rings. The van der Waals surface area contributed by atoms with Gasteiger partial charge >= 0.3 is 0 Å². The van der Waals surface area contributed by atoms with E-state index in [1.165, 1.54) is 0 Å². The van der Waals surface area contributed by atoms with Crippen LogP contribution in [0.5, 0.6) is 0 Å². The number of nitroso groups, excluding NO2 is 1. The zero-order valence-corrected chi connectivity index (χ0v) is 16.8. The molecule has 0 aromatic heterocycles. The summed E-state index contributed by atoms with van der Waals surface area (Å²) in [6, 6.07) is 20.1. The second kappa shape index (κ2) is 7.85. The van der Waals surface area contributed by atoms with Gasteiger partial charge in [0, 0.05) is 0 Å². The summed E-state index contributed by atoms with van der Waals surface area (Å²) in [6.45, 7) is 4.35. The summed E-state index contributed by atoms with van der Waals surface area (Å²) >= 11 is 0. The Morgan fingerprint density at radius 1 is 0.962 bits per heavy atom. The molecule has 4 heteroatoms. The zero-order chi connectivity index (χ0) is 18.6. The lowest BCUT2D eigenvalue weighted by atomic mass is 9.80. The molecule has 2 aromatic carbocycles. The van der Waals surface area contributed by atoms with Gasteiger partial charge in [-0.05, 0) is 40.6 Å². The minimum Gasteiger partial charge on any atom is -0.424 e. The van der Waals surface area contributed by atoms with Crippen LogP contribution in [0.2, 0.25) is 5.04 Å². The van der Waals surface area contributed by atoms with Crippen LogP contribution >= 0.6 is 0 Å². The van der Waals surface area contributed by atoms with Gasteiger partial charge in [-0.1, -0.05) is 92.5 Å². The molecule has 0 amide bonds. The highest BCUT2D eigenvalue weighted by Gasteiger charge is 2.51. The fourth-order valence-electron chi connectivity index (χ4n) is 4.67. The van der Waals surface area contributed by atoms with Crippen molar-refractivity contribution in [3.63, 3.8) is 0 Å². The van der Waals surface area contributed by atoms with Crippen molar-refractivity contribution in [1.82, 2.24) is 0 Å². The Morgan fingerprint density at radius 3 is 1.96 bits per heavy atom. The van der Waals surface area contributed by atoms with Crippen LogP contribution in [0.3, 0.4) is 0 Å². The smallest absolute Gasteiger partial charge is 0.258 e. The van der Waals surface area contributed by atoms with Crippen molar-refractivity contribution >= 4 is 18.7 Å². The molecule has 0 radical (unpaired) electrons. The molecule has 0 saturated heterocycles. The molecule has 1 N–H and O–H groups in total. The van der Waals surface area contributed by atoms with Gasteiger partial charge in [-0.2, -0.15) is 4.91 Å². The Balaban J connectivity index is 2.02. The Kier molecular flexibility index (Phi) is 5.73. The molecule has 1 fully saturated rings. The van der Waals surface area contributed by atoms with E-state index in [1.807, 2.05) is 36.4 Å². The van der Waals surface area contributed by atoms with E-state index in [0.717, 1.165) is 42.5 Å². The normalized spacial score (nSPS) is 21.3. The van der Waals surface area contributed by atoms with Crippen LogP contribution in [0.4, 0.5) is 0 Å². The van der Waals surface area contributed by atoms with Crippen LogP contribution in [0.15, 0.2) is 65.8 Å². The predicted octanol–water partition coefficient (Wildman–Crippen LogP) is 4.23. The number of hydrogen-bond acceptors (Lipinski definition) is 3. The summed E-state index contributed by atoms with van der Waals surface area (Å²) < 4.78 is 0. The second-order valence-corrected chi connectivity index (χ2v) is 12.2. The maximum Gasteiger partial charge on any atom is 0.258 e. The molecule has 0 aliphatic heterocycles. The first-order valence-electron chi connectivity index (χ1n) is 9.65. The van der Waals surface area contributed by atoms with Crippen LogP contribution in [-0.4, -0.2) is 19.2 Å². The quantitative estimate of drug-likeness (QED) is 0.613. The summed E-state index contributed by atoms with van der Waals surface area (Å²) in [4.78, 5) is 23.5. The average Bonchev–Trinajstić information content (AvgIpc) is 2.68. The Hall–Kier alpha value is -1.78. The molecule has 0 spiro atoms. The highest BCUT2D eigenvalue weighted by atomic mass is 28.4. The van der Waals surface area contributed by atoms with Gasteiger partial charge in [0.2, 0.25) is 0 Å². The van der Waals surface area contributed by atoms with Crippen LogP contribution in [0, 0.1) is 10.8 Å². The zero-order valence-electron chi connectivity index (χ0n) is 15.8. The lowest BCUT2D eigenvalue weighted by Crippen LogP contribution is -2.65. The second-order valence-electron chi connectivity index (χ2n) is 8.25. The van der Waals surface area contributed by atoms with Gasteiger partial charge in [0.25, 0.3) is 8.32 Å². The van der Waals surface area contributed by atoms with Crippen LogP contribution < -0.4 is 10.4 Å². The van der Waals surface area contributed by atoms with Crippen LogP contribution in [0.1, 0.15) is 46.0 Å². The molecule has 1 aliphatic carbocycles. The van der Waals surface area contributed by atoms with Crippen molar-refractivity contribution in [1.29, 1.82) is 0 Å². The number of benzene rings is 2. The molecule has 26 heavy (non-hydrogen) atoms. The third-order valence-corrected chi connectivity index (χ3v) is 10.6. The Labute approximate surface area is 157 Å². The van der Waals surface area contributed by atoms with Crippen molar-refractivity contribution in [3.8, 4) is 0 Å². The molecule has 3 nitrogen and oxygen atoms in total. The van der Waals surface area contributed by atoms with E-state index in [1.54, 1.807) is 0 Å². The van der Waals surface area contributed by atoms with Crippen molar-refractivity contribution in [2.45, 2.75) is 57.0 Å². The summed E-state index contributed by atoms with van der Waals surface area (Å²) in [7, 11) is -3.00. The van der Waals surface area contributed by atoms with E-state index in [-0.39, 0.29) is 17.0 Å². The third-order valence-electron chi connectivity index (χ3n) is 6.14.